The molecule has 2 nitrogen and oxygen atoms in total. The molecule has 1 atom stereocenters. The first kappa shape index (κ1) is 12.2. The van der Waals surface area contributed by atoms with Crippen LogP contribution in [-0.2, 0) is 11.2 Å². The van der Waals surface area contributed by atoms with Gasteiger partial charge >= 0.3 is 0 Å². The van der Waals surface area contributed by atoms with E-state index < -0.39 is 0 Å². The number of nitrogens with one attached hydrogen (secondary N) is 1. The minimum atomic E-state index is 0.450. The Kier molecular flexibility index (Phi) is 6.05. The maximum absolute atomic E-state index is 5.59. The van der Waals surface area contributed by atoms with Gasteiger partial charge in [-0.2, -0.15) is 0 Å². The second-order valence-electron chi connectivity index (χ2n) is 3.77. The Labute approximate surface area is 92.6 Å². The summed E-state index contributed by atoms with van der Waals surface area (Å²) in [5.74, 6) is 0. The summed E-state index contributed by atoms with van der Waals surface area (Å²) in [5, 5.41) is 3.32. The fourth-order valence-corrected chi connectivity index (χ4v) is 1.50. The van der Waals surface area contributed by atoms with Crippen LogP contribution in [0.25, 0.3) is 0 Å². The second kappa shape index (κ2) is 7.43. The van der Waals surface area contributed by atoms with Crippen LogP contribution in [0.3, 0.4) is 0 Å². The third-order valence-corrected chi connectivity index (χ3v) is 2.30. The van der Waals surface area contributed by atoms with E-state index in [9.17, 15) is 0 Å². The van der Waals surface area contributed by atoms with Gasteiger partial charge in [0.25, 0.3) is 0 Å². The summed E-state index contributed by atoms with van der Waals surface area (Å²) in [7, 11) is 0. The van der Waals surface area contributed by atoms with Gasteiger partial charge in [-0.25, -0.2) is 0 Å². The summed E-state index contributed by atoms with van der Waals surface area (Å²) in [6.45, 7) is 6.86. The molecule has 0 saturated heterocycles. The fourth-order valence-electron chi connectivity index (χ4n) is 1.50. The molecular weight excluding hydrogens is 186 g/mol. The maximum atomic E-state index is 5.59. The summed E-state index contributed by atoms with van der Waals surface area (Å²) in [4.78, 5) is 0. The zero-order chi connectivity index (χ0) is 10.9. The summed E-state index contributed by atoms with van der Waals surface area (Å²) >= 11 is 0. The molecule has 1 rings (SSSR count). The van der Waals surface area contributed by atoms with Gasteiger partial charge in [-0.1, -0.05) is 37.3 Å². The Hall–Kier alpha value is -0.860. The molecule has 2 heteroatoms. The van der Waals surface area contributed by atoms with Crippen LogP contribution in [0.4, 0.5) is 0 Å². The predicted octanol–water partition coefficient (Wildman–Crippen LogP) is 2.24. The normalized spacial score (nSPS) is 12.7. The smallest absolute Gasteiger partial charge is 0.0617 e. The molecule has 1 aromatic carbocycles. The zero-order valence-corrected chi connectivity index (χ0v) is 9.70. The Bertz CT molecular complexity index is 248. The number of likely N-dealkylation sites (N-methyl/N-ethyl adjacent to an activating group) is 1. The quantitative estimate of drug-likeness (QED) is 0.692. The largest absolute Gasteiger partial charge is 0.380 e. The molecule has 1 N–H and O–H groups in total. The van der Waals surface area contributed by atoms with E-state index in [1.54, 1.807) is 0 Å². The van der Waals surface area contributed by atoms with Crippen molar-refractivity contribution in [1.29, 1.82) is 0 Å². The number of benzene rings is 1. The Morgan fingerprint density at radius 2 is 2.00 bits per heavy atom. The molecule has 1 unspecified atom stereocenters. The summed E-state index contributed by atoms with van der Waals surface area (Å²) in [6.07, 6.45) is 1.000. The van der Waals surface area contributed by atoms with E-state index in [4.69, 9.17) is 4.74 Å². The van der Waals surface area contributed by atoms with Crippen LogP contribution in [0, 0.1) is 0 Å². The molecule has 0 heterocycles. The van der Waals surface area contributed by atoms with Gasteiger partial charge in [-0.05, 0) is 25.5 Å². The molecular formula is C13H21NO. The third kappa shape index (κ3) is 5.55. The number of rotatable bonds is 7. The highest BCUT2D eigenvalue weighted by atomic mass is 16.5. The standard InChI is InChI=1S/C13H21NO/c1-3-14-12(2)11-15-10-9-13-7-5-4-6-8-13/h4-8,12,14H,3,9-11H2,1-2H3. The SMILES string of the molecule is CCNC(C)COCCc1ccccc1. The summed E-state index contributed by atoms with van der Waals surface area (Å²) in [6, 6.07) is 10.9. The number of hydrogen-bond donors (Lipinski definition) is 1. The van der Waals surface area contributed by atoms with Crippen molar-refractivity contribution in [1.82, 2.24) is 5.32 Å². The number of ether oxygens (including phenoxy) is 1. The Balaban J connectivity index is 2.07. The molecule has 0 bridgehead atoms. The van der Waals surface area contributed by atoms with Gasteiger partial charge in [-0.15, -0.1) is 0 Å². The first-order chi connectivity index (χ1) is 7.33. The fraction of sp³-hybridized carbons (Fsp3) is 0.538. The molecule has 0 aliphatic carbocycles. The van der Waals surface area contributed by atoms with E-state index in [-0.39, 0.29) is 0 Å². The molecule has 0 aliphatic rings. The van der Waals surface area contributed by atoms with E-state index in [0.717, 1.165) is 26.2 Å². The van der Waals surface area contributed by atoms with E-state index in [0.29, 0.717) is 6.04 Å². The molecule has 84 valence electrons. The lowest BCUT2D eigenvalue weighted by atomic mass is 10.2. The minimum absolute atomic E-state index is 0.450. The maximum Gasteiger partial charge on any atom is 0.0617 e. The van der Waals surface area contributed by atoms with Crippen LogP contribution in [0.15, 0.2) is 30.3 Å². The van der Waals surface area contributed by atoms with Crippen LogP contribution in [0.5, 0.6) is 0 Å². The summed E-state index contributed by atoms with van der Waals surface area (Å²) in [5.41, 5.74) is 1.34. The van der Waals surface area contributed by atoms with Crippen LogP contribution >= 0.6 is 0 Å². The van der Waals surface area contributed by atoms with Crippen LogP contribution in [0.1, 0.15) is 19.4 Å². The Morgan fingerprint density at radius 3 is 2.67 bits per heavy atom. The molecule has 0 fully saturated rings. The van der Waals surface area contributed by atoms with E-state index in [1.165, 1.54) is 5.56 Å². The van der Waals surface area contributed by atoms with Gasteiger partial charge in [0, 0.05) is 6.04 Å². The zero-order valence-electron chi connectivity index (χ0n) is 9.70. The van der Waals surface area contributed by atoms with Crippen molar-refractivity contribution in [3.05, 3.63) is 35.9 Å². The molecule has 1 aromatic rings. The predicted molar refractivity (Wildman–Crippen MR) is 64.1 cm³/mol. The molecule has 0 radical (unpaired) electrons. The Morgan fingerprint density at radius 1 is 1.27 bits per heavy atom. The van der Waals surface area contributed by atoms with Gasteiger partial charge in [0.05, 0.1) is 13.2 Å². The van der Waals surface area contributed by atoms with Crippen LogP contribution in [0.2, 0.25) is 0 Å². The highest BCUT2D eigenvalue weighted by Crippen LogP contribution is 1.99. The minimum Gasteiger partial charge on any atom is -0.380 e. The van der Waals surface area contributed by atoms with E-state index in [2.05, 4.69) is 43.4 Å². The highest BCUT2D eigenvalue weighted by Gasteiger charge is 1.98. The van der Waals surface area contributed by atoms with Crippen molar-refractivity contribution in [3.63, 3.8) is 0 Å². The van der Waals surface area contributed by atoms with E-state index in [1.807, 2.05) is 6.07 Å². The highest BCUT2D eigenvalue weighted by molar-refractivity contribution is 5.14. The van der Waals surface area contributed by atoms with Crippen molar-refractivity contribution < 1.29 is 4.74 Å². The molecule has 0 spiro atoms. The lowest BCUT2D eigenvalue weighted by Crippen LogP contribution is -2.30. The average molecular weight is 207 g/mol. The van der Waals surface area contributed by atoms with E-state index >= 15 is 0 Å². The summed E-state index contributed by atoms with van der Waals surface area (Å²) < 4.78 is 5.59. The first-order valence-corrected chi connectivity index (χ1v) is 5.68. The van der Waals surface area contributed by atoms with Gasteiger partial charge in [0.2, 0.25) is 0 Å². The molecule has 0 aromatic heterocycles. The average Bonchev–Trinajstić information content (AvgIpc) is 2.26. The topological polar surface area (TPSA) is 21.3 Å². The van der Waals surface area contributed by atoms with Crippen molar-refractivity contribution in [2.24, 2.45) is 0 Å². The van der Waals surface area contributed by atoms with Crippen molar-refractivity contribution >= 4 is 0 Å². The van der Waals surface area contributed by atoms with Crippen molar-refractivity contribution in [3.8, 4) is 0 Å². The van der Waals surface area contributed by atoms with Gasteiger partial charge in [0.15, 0.2) is 0 Å². The van der Waals surface area contributed by atoms with Crippen LogP contribution < -0.4 is 5.32 Å². The molecule has 0 saturated carbocycles. The first-order valence-electron chi connectivity index (χ1n) is 5.68. The monoisotopic (exact) mass is 207 g/mol. The van der Waals surface area contributed by atoms with Crippen molar-refractivity contribution in [2.45, 2.75) is 26.3 Å². The second-order valence-corrected chi connectivity index (χ2v) is 3.77. The molecule has 15 heavy (non-hydrogen) atoms. The lowest BCUT2D eigenvalue weighted by Gasteiger charge is -2.12. The van der Waals surface area contributed by atoms with Gasteiger partial charge < -0.3 is 10.1 Å². The molecule has 0 amide bonds. The lowest BCUT2D eigenvalue weighted by molar-refractivity contribution is 0.119. The third-order valence-electron chi connectivity index (χ3n) is 2.30. The van der Waals surface area contributed by atoms with Gasteiger partial charge in [0.1, 0.15) is 0 Å². The number of hydrogen-bond acceptors (Lipinski definition) is 2. The van der Waals surface area contributed by atoms with Crippen molar-refractivity contribution in [2.75, 3.05) is 19.8 Å². The van der Waals surface area contributed by atoms with Crippen LogP contribution in [-0.4, -0.2) is 25.8 Å². The molecule has 0 aliphatic heterocycles. The van der Waals surface area contributed by atoms with Gasteiger partial charge in [-0.3, -0.25) is 0 Å².